The summed E-state index contributed by atoms with van der Waals surface area (Å²) in [7, 11) is 0. The molecule has 1 aromatic rings. The summed E-state index contributed by atoms with van der Waals surface area (Å²) in [6.07, 6.45) is 1.27. The Hall–Kier alpha value is -2.44. The standard InChI is InChI=1S/C13H16N2O5/c16-12(6-1-2-7-13(17)18)14-9-10-4-3-5-11(8-10)15(19)20/h3-5,8H,1-2,6-7,9H2,(H,14,16)(H,17,18). The van der Waals surface area contributed by atoms with Crippen molar-refractivity contribution in [2.45, 2.75) is 32.2 Å². The second-order valence-electron chi connectivity index (χ2n) is 4.30. The normalized spacial score (nSPS) is 10.0. The van der Waals surface area contributed by atoms with Crippen LogP contribution < -0.4 is 5.32 Å². The summed E-state index contributed by atoms with van der Waals surface area (Å²) in [6, 6.07) is 6.05. The third-order valence-corrected chi connectivity index (χ3v) is 2.66. The van der Waals surface area contributed by atoms with E-state index < -0.39 is 10.9 Å². The quantitative estimate of drug-likeness (QED) is 0.429. The number of hydrogen-bond acceptors (Lipinski definition) is 4. The van der Waals surface area contributed by atoms with Crippen molar-refractivity contribution in [1.29, 1.82) is 0 Å². The number of carboxylic acid groups (broad SMARTS) is 1. The lowest BCUT2D eigenvalue weighted by Gasteiger charge is -2.05. The van der Waals surface area contributed by atoms with Crippen molar-refractivity contribution in [3.63, 3.8) is 0 Å². The molecule has 0 aliphatic heterocycles. The number of carboxylic acids is 1. The van der Waals surface area contributed by atoms with Gasteiger partial charge in [0.05, 0.1) is 4.92 Å². The lowest BCUT2D eigenvalue weighted by Crippen LogP contribution is -2.22. The zero-order valence-corrected chi connectivity index (χ0v) is 10.9. The number of aliphatic carboxylic acids is 1. The topological polar surface area (TPSA) is 110 Å². The van der Waals surface area contributed by atoms with Gasteiger partial charge in [-0.25, -0.2) is 0 Å². The van der Waals surface area contributed by atoms with Crippen molar-refractivity contribution in [2.75, 3.05) is 0 Å². The molecule has 0 spiro atoms. The Kier molecular flexibility index (Phi) is 6.15. The SMILES string of the molecule is O=C(O)CCCCC(=O)NCc1cccc([N+](=O)[O-])c1. The number of carbonyl (C=O) groups excluding carboxylic acids is 1. The molecule has 0 atom stereocenters. The minimum Gasteiger partial charge on any atom is -0.481 e. The van der Waals surface area contributed by atoms with E-state index in [-0.39, 0.29) is 31.0 Å². The molecule has 0 unspecified atom stereocenters. The number of hydrogen-bond donors (Lipinski definition) is 2. The molecular formula is C13H16N2O5. The van der Waals surface area contributed by atoms with Gasteiger partial charge in [-0.1, -0.05) is 12.1 Å². The van der Waals surface area contributed by atoms with Crippen molar-refractivity contribution in [2.24, 2.45) is 0 Å². The van der Waals surface area contributed by atoms with Crippen LogP contribution >= 0.6 is 0 Å². The average Bonchev–Trinajstić information content (AvgIpc) is 2.41. The van der Waals surface area contributed by atoms with E-state index in [4.69, 9.17) is 5.11 Å². The van der Waals surface area contributed by atoms with Gasteiger partial charge in [-0.05, 0) is 18.4 Å². The molecule has 1 aromatic carbocycles. The number of nitro groups is 1. The molecular weight excluding hydrogens is 264 g/mol. The Labute approximate surface area is 115 Å². The molecule has 1 amide bonds. The Balaban J connectivity index is 2.32. The molecule has 0 radical (unpaired) electrons. The summed E-state index contributed by atoms with van der Waals surface area (Å²) in [5.74, 6) is -1.07. The average molecular weight is 280 g/mol. The maximum atomic E-state index is 11.5. The van der Waals surface area contributed by atoms with Crippen molar-refractivity contribution >= 4 is 17.6 Å². The molecule has 0 aliphatic carbocycles. The Bertz CT molecular complexity index is 501. The lowest BCUT2D eigenvalue weighted by atomic mass is 10.1. The number of non-ortho nitro benzene ring substituents is 1. The van der Waals surface area contributed by atoms with Gasteiger partial charge >= 0.3 is 5.97 Å². The number of rotatable bonds is 8. The first-order chi connectivity index (χ1) is 9.49. The molecule has 0 aliphatic rings. The highest BCUT2D eigenvalue weighted by Gasteiger charge is 2.07. The van der Waals surface area contributed by atoms with Gasteiger partial charge in [0.1, 0.15) is 0 Å². The highest BCUT2D eigenvalue weighted by atomic mass is 16.6. The van der Waals surface area contributed by atoms with Crippen LogP contribution in [-0.2, 0) is 16.1 Å². The molecule has 108 valence electrons. The number of amides is 1. The van der Waals surface area contributed by atoms with Gasteiger partial charge in [0.15, 0.2) is 0 Å². The first kappa shape index (κ1) is 15.6. The van der Waals surface area contributed by atoms with E-state index >= 15 is 0 Å². The van der Waals surface area contributed by atoms with Crippen molar-refractivity contribution in [3.05, 3.63) is 39.9 Å². The zero-order chi connectivity index (χ0) is 15.0. The van der Waals surface area contributed by atoms with E-state index in [0.717, 1.165) is 0 Å². The first-order valence-electron chi connectivity index (χ1n) is 6.21. The number of unbranched alkanes of at least 4 members (excludes halogenated alkanes) is 1. The van der Waals surface area contributed by atoms with E-state index in [1.165, 1.54) is 12.1 Å². The number of nitrogens with one attached hydrogen (secondary N) is 1. The van der Waals surface area contributed by atoms with Gasteiger partial charge in [0, 0.05) is 31.5 Å². The minimum absolute atomic E-state index is 0.0155. The maximum Gasteiger partial charge on any atom is 0.303 e. The van der Waals surface area contributed by atoms with Gasteiger partial charge in [-0.2, -0.15) is 0 Å². The molecule has 0 aromatic heterocycles. The molecule has 0 bridgehead atoms. The Morgan fingerprint density at radius 3 is 2.60 bits per heavy atom. The largest absolute Gasteiger partial charge is 0.481 e. The third kappa shape index (κ3) is 5.94. The predicted octanol–water partition coefficient (Wildman–Crippen LogP) is 1.86. The molecule has 7 nitrogen and oxygen atoms in total. The van der Waals surface area contributed by atoms with E-state index in [1.54, 1.807) is 12.1 Å². The van der Waals surface area contributed by atoms with Gasteiger partial charge in [-0.15, -0.1) is 0 Å². The van der Waals surface area contributed by atoms with Gasteiger partial charge in [0.2, 0.25) is 5.91 Å². The zero-order valence-electron chi connectivity index (χ0n) is 10.9. The van der Waals surface area contributed by atoms with E-state index in [9.17, 15) is 19.7 Å². The van der Waals surface area contributed by atoms with Crippen LogP contribution in [0.2, 0.25) is 0 Å². The summed E-state index contributed by atoms with van der Waals surface area (Å²) in [6.45, 7) is 0.222. The maximum absolute atomic E-state index is 11.5. The smallest absolute Gasteiger partial charge is 0.303 e. The van der Waals surface area contributed by atoms with Gasteiger partial charge in [0.25, 0.3) is 5.69 Å². The fourth-order valence-electron chi connectivity index (χ4n) is 1.63. The Morgan fingerprint density at radius 1 is 1.25 bits per heavy atom. The van der Waals surface area contributed by atoms with E-state index in [1.807, 2.05) is 0 Å². The highest BCUT2D eigenvalue weighted by Crippen LogP contribution is 2.12. The fourth-order valence-corrected chi connectivity index (χ4v) is 1.63. The molecule has 7 heteroatoms. The summed E-state index contributed by atoms with van der Waals surface area (Å²) < 4.78 is 0. The van der Waals surface area contributed by atoms with Crippen LogP contribution in [0.25, 0.3) is 0 Å². The second-order valence-corrected chi connectivity index (χ2v) is 4.30. The second kappa shape index (κ2) is 7.88. The molecule has 0 fully saturated rings. The highest BCUT2D eigenvalue weighted by molar-refractivity contribution is 5.75. The van der Waals surface area contributed by atoms with Gasteiger partial charge in [-0.3, -0.25) is 19.7 Å². The molecule has 2 N–H and O–H groups in total. The molecule has 20 heavy (non-hydrogen) atoms. The van der Waals surface area contributed by atoms with Crippen molar-refractivity contribution in [1.82, 2.24) is 5.32 Å². The molecule has 0 saturated heterocycles. The number of carbonyl (C=O) groups is 2. The van der Waals surface area contributed by atoms with Crippen molar-refractivity contribution in [3.8, 4) is 0 Å². The molecule has 0 heterocycles. The van der Waals surface area contributed by atoms with Crippen LogP contribution in [0.5, 0.6) is 0 Å². The number of nitro benzene ring substituents is 1. The monoisotopic (exact) mass is 280 g/mol. The summed E-state index contributed by atoms with van der Waals surface area (Å²) in [5, 5.41) is 21.7. The first-order valence-corrected chi connectivity index (χ1v) is 6.21. The summed E-state index contributed by atoms with van der Waals surface area (Å²) in [4.78, 5) is 31.9. The summed E-state index contributed by atoms with van der Waals surface area (Å²) >= 11 is 0. The van der Waals surface area contributed by atoms with Crippen LogP contribution in [0.3, 0.4) is 0 Å². The minimum atomic E-state index is -0.873. The van der Waals surface area contributed by atoms with Crippen LogP contribution in [0.1, 0.15) is 31.2 Å². The van der Waals surface area contributed by atoms with Crippen molar-refractivity contribution < 1.29 is 19.6 Å². The fraction of sp³-hybridized carbons (Fsp3) is 0.385. The molecule has 1 rings (SSSR count). The van der Waals surface area contributed by atoms with Crippen LogP contribution in [0.15, 0.2) is 24.3 Å². The van der Waals surface area contributed by atoms with E-state index in [0.29, 0.717) is 18.4 Å². The molecule has 0 saturated carbocycles. The van der Waals surface area contributed by atoms with Crippen LogP contribution in [0.4, 0.5) is 5.69 Å². The lowest BCUT2D eigenvalue weighted by molar-refractivity contribution is -0.384. The summed E-state index contributed by atoms with van der Waals surface area (Å²) in [5.41, 5.74) is 0.635. The van der Waals surface area contributed by atoms with E-state index in [2.05, 4.69) is 5.32 Å². The number of nitrogens with zero attached hydrogens (tertiary/aromatic N) is 1. The van der Waals surface area contributed by atoms with Crippen LogP contribution in [-0.4, -0.2) is 21.9 Å². The van der Waals surface area contributed by atoms with Crippen LogP contribution in [0, 0.1) is 10.1 Å². The third-order valence-electron chi connectivity index (χ3n) is 2.66. The Morgan fingerprint density at radius 2 is 1.95 bits per heavy atom. The van der Waals surface area contributed by atoms with Gasteiger partial charge < -0.3 is 10.4 Å². The number of benzene rings is 1. The predicted molar refractivity (Wildman–Crippen MR) is 71.0 cm³/mol.